The Labute approximate surface area is 463 Å². The Bertz CT molecular complexity index is 4090. The van der Waals surface area contributed by atoms with Crippen LogP contribution in [0, 0.1) is 48.5 Å². The first-order valence-electron chi connectivity index (χ1n) is 24.5. The van der Waals surface area contributed by atoms with Gasteiger partial charge < -0.3 is 71.1 Å². The number of aromatic hydroxyl groups is 13. The Hall–Kier alpha value is -11.4. The Morgan fingerprint density at radius 1 is 0.293 bits per heavy atom. The van der Waals surface area contributed by atoms with Crippen LogP contribution in [-0.4, -0.2) is 111 Å². The lowest BCUT2D eigenvalue weighted by Gasteiger charge is -2.15. The summed E-state index contributed by atoms with van der Waals surface area (Å²) in [5.74, 6) is -3.30. The molecular formula is C58H49N9O15. The lowest BCUT2D eigenvalue weighted by molar-refractivity contribution is 0.424. The van der Waals surface area contributed by atoms with Gasteiger partial charge in [0.2, 0.25) is 0 Å². The molecule has 0 fully saturated rings. The number of hydrogen-bond donors (Lipinski definition) is 14. The van der Waals surface area contributed by atoms with Crippen LogP contribution in [0.3, 0.4) is 0 Å². The van der Waals surface area contributed by atoms with Crippen LogP contribution in [0.2, 0.25) is 0 Å². The Morgan fingerprint density at radius 2 is 0.537 bits per heavy atom. The SMILES string of the molecule is Cc1c(O)ccc(-c2nc(-c3ccc(O)c(C)c3O)[nH]c(=O)n2)c1O.Cc1c(O)ccc(-c2nc(Oc3ccc(-c4nc(-c5ccc(O)c(C)c5O)nc(-c5ccc(O)c(C)c5O)n4)c(O)c3C)nc(-c3ccc(O)c(C)c3O)n2)c1O. The highest BCUT2D eigenvalue weighted by atomic mass is 16.5. The van der Waals surface area contributed by atoms with E-state index in [1.165, 1.54) is 133 Å². The first kappa shape index (κ1) is 55.3. The van der Waals surface area contributed by atoms with Crippen molar-refractivity contribution in [2.24, 2.45) is 0 Å². The van der Waals surface area contributed by atoms with E-state index in [0.29, 0.717) is 0 Å². The highest BCUT2D eigenvalue weighted by Crippen LogP contribution is 2.45. The molecule has 0 amide bonds. The average molecular weight is 1110 g/mol. The van der Waals surface area contributed by atoms with Crippen molar-refractivity contribution in [3.63, 3.8) is 0 Å². The van der Waals surface area contributed by atoms with Gasteiger partial charge in [-0.25, -0.2) is 29.7 Å². The molecule has 0 atom stereocenters. The molecule has 14 N–H and O–H groups in total. The Morgan fingerprint density at radius 3 is 0.854 bits per heavy atom. The van der Waals surface area contributed by atoms with E-state index in [1.54, 1.807) is 0 Å². The number of benzene rings is 7. The van der Waals surface area contributed by atoms with Crippen molar-refractivity contribution in [3.8, 4) is 166 Å². The van der Waals surface area contributed by atoms with E-state index in [2.05, 4.69) is 44.9 Å². The molecule has 10 aromatic rings. The van der Waals surface area contributed by atoms with Crippen LogP contribution in [0.5, 0.6) is 86.5 Å². The second kappa shape index (κ2) is 21.4. The molecule has 416 valence electrons. The molecule has 0 radical (unpaired) electrons. The molecule has 7 aromatic carbocycles. The number of aromatic nitrogens is 9. The number of rotatable bonds is 9. The summed E-state index contributed by atoms with van der Waals surface area (Å²) in [6.07, 6.45) is 0. The fourth-order valence-electron chi connectivity index (χ4n) is 8.31. The predicted molar refractivity (Wildman–Crippen MR) is 295 cm³/mol. The minimum absolute atomic E-state index is 0.0285. The molecule has 10 rings (SSSR count). The number of nitrogens with one attached hydrogen (secondary N) is 1. The summed E-state index contributed by atoms with van der Waals surface area (Å²) in [4.78, 5) is 49.1. The normalized spacial score (nSPS) is 11.1. The van der Waals surface area contributed by atoms with Crippen LogP contribution < -0.4 is 10.4 Å². The van der Waals surface area contributed by atoms with E-state index < -0.39 is 5.69 Å². The van der Waals surface area contributed by atoms with Crippen molar-refractivity contribution < 1.29 is 71.1 Å². The number of H-pyrrole nitrogens is 1. The van der Waals surface area contributed by atoms with Gasteiger partial charge in [0.25, 0.3) is 0 Å². The molecule has 0 aliphatic rings. The average Bonchev–Trinajstić information content (AvgIpc) is 3.56. The van der Waals surface area contributed by atoms with Gasteiger partial charge in [-0.15, -0.1) is 0 Å². The summed E-state index contributed by atoms with van der Waals surface area (Å²) in [7, 11) is 0. The maximum atomic E-state index is 11.9. The van der Waals surface area contributed by atoms with Gasteiger partial charge in [-0.1, -0.05) is 0 Å². The second-order valence-corrected chi connectivity index (χ2v) is 18.7. The van der Waals surface area contributed by atoms with Gasteiger partial charge in [-0.3, -0.25) is 4.98 Å². The van der Waals surface area contributed by atoms with E-state index in [-0.39, 0.29) is 205 Å². The number of phenols is 13. The number of phenolic OH excluding ortho intramolecular Hbond substituents is 13. The van der Waals surface area contributed by atoms with Crippen LogP contribution in [0.15, 0.2) is 89.7 Å². The van der Waals surface area contributed by atoms with E-state index in [4.69, 9.17) is 4.74 Å². The van der Waals surface area contributed by atoms with E-state index >= 15 is 0 Å². The molecule has 24 heteroatoms. The molecule has 0 saturated heterocycles. The third kappa shape index (κ3) is 10.2. The van der Waals surface area contributed by atoms with Gasteiger partial charge in [0.15, 0.2) is 34.9 Å². The molecule has 0 unspecified atom stereocenters. The molecular weight excluding hydrogens is 1060 g/mol. The van der Waals surface area contributed by atoms with Crippen LogP contribution in [0.4, 0.5) is 0 Å². The zero-order chi connectivity index (χ0) is 59.3. The Kier molecular flexibility index (Phi) is 14.5. The summed E-state index contributed by atoms with van der Waals surface area (Å²) in [6, 6.07) is 19.1. The summed E-state index contributed by atoms with van der Waals surface area (Å²) in [5.41, 5.74) is 1.45. The number of ether oxygens (including phenoxy) is 1. The first-order chi connectivity index (χ1) is 38.8. The van der Waals surface area contributed by atoms with Gasteiger partial charge in [-0.2, -0.15) is 15.0 Å². The van der Waals surface area contributed by atoms with Crippen molar-refractivity contribution in [1.29, 1.82) is 0 Å². The summed E-state index contributed by atoms with van der Waals surface area (Å²) in [5, 5.41) is 136. The highest BCUT2D eigenvalue weighted by Gasteiger charge is 2.25. The Balaban J connectivity index is 0.000000269. The summed E-state index contributed by atoms with van der Waals surface area (Å²) < 4.78 is 6.11. The van der Waals surface area contributed by atoms with Gasteiger partial charge in [0, 0.05) is 38.9 Å². The largest absolute Gasteiger partial charge is 0.508 e. The van der Waals surface area contributed by atoms with Gasteiger partial charge in [-0.05, 0) is 133 Å². The minimum atomic E-state index is -0.727. The van der Waals surface area contributed by atoms with Crippen molar-refractivity contribution >= 4 is 0 Å². The third-order valence-electron chi connectivity index (χ3n) is 13.6. The standard InChI is InChI=1S/C41H34N6O10.C17H15N3O5/c1-16-26(48)11-6-21(31(16)52)36-42-37(22-7-12-27(49)17(2)32(22)53)44-38(43-36)25-10-15-30(20(5)35(25)56)57-41-46-39(23-8-13-28(50)18(3)33(23)54)45-40(47-41)24-9-14-29(51)19(4)34(24)55;1-7-11(21)5-3-9(13(7)23)15-18-16(20-17(25)19-15)10-4-6-12(22)8(2)14(10)24/h6-15,48-56H,1-5H3;3-6,21-24H,1-2H3,(H,18,19,20,25). The molecule has 0 aliphatic heterocycles. The van der Waals surface area contributed by atoms with Gasteiger partial charge in [0.05, 0.1) is 38.9 Å². The second-order valence-electron chi connectivity index (χ2n) is 18.7. The van der Waals surface area contributed by atoms with Crippen molar-refractivity contribution in [3.05, 3.63) is 134 Å². The summed E-state index contributed by atoms with van der Waals surface area (Å²) in [6.45, 7) is 10.6. The van der Waals surface area contributed by atoms with E-state index in [0.717, 1.165) is 0 Å². The lowest BCUT2D eigenvalue weighted by atomic mass is 10.1. The highest BCUT2D eigenvalue weighted by molar-refractivity contribution is 5.78. The fourth-order valence-corrected chi connectivity index (χ4v) is 8.31. The molecule has 0 bridgehead atoms. The first-order valence-corrected chi connectivity index (χ1v) is 24.5. The number of aromatic amines is 1. The van der Waals surface area contributed by atoms with E-state index in [9.17, 15) is 71.2 Å². The molecule has 82 heavy (non-hydrogen) atoms. The molecule has 0 spiro atoms. The monoisotopic (exact) mass is 1110 g/mol. The van der Waals surface area contributed by atoms with Crippen LogP contribution in [0.25, 0.3) is 79.7 Å². The molecule has 0 saturated carbocycles. The van der Waals surface area contributed by atoms with Crippen LogP contribution in [0.1, 0.15) is 38.9 Å². The maximum Gasteiger partial charge on any atom is 0.348 e. The lowest BCUT2D eigenvalue weighted by Crippen LogP contribution is -2.14. The van der Waals surface area contributed by atoms with Gasteiger partial charge in [0.1, 0.15) is 86.3 Å². The minimum Gasteiger partial charge on any atom is -0.508 e. The van der Waals surface area contributed by atoms with E-state index in [1.807, 2.05) is 0 Å². The predicted octanol–water partition coefficient (Wildman–Crippen LogP) is 9.01. The number of hydrogen-bond acceptors (Lipinski definition) is 23. The third-order valence-corrected chi connectivity index (χ3v) is 13.6. The zero-order valence-electron chi connectivity index (χ0n) is 44.3. The topological polar surface area (TPSA) is 408 Å². The quantitative estimate of drug-likeness (QED) is 0.0640. The van der Waals surface area contributed by atoms with Crippen LogP contribution >= 0.6 is 0 Å². The van der Waals surface area contributed by atoms with Crippen molar-refractivity contribution in [2.75, 3.05) is 0 Å². The van der Waals surface area contributed by atoms with Crippen molar-refractivity contribution in [2.45, 2.75) is 48.5 Å². The fraction of sp³-hybridized carbons (Fsp3) is 0.121. The number of nitrogens with zero attached hydrogens (tertiary/aromatic N) is 8. The molecule has 3 heterocycles. The zero-order valence-corrected chi connectivity index (χ0v) is 44.3. The van der Waals surface area contributed by atoms with Gasteiger partial charge >= 0.3 is 11.7 Å². The molecule has 3 aromatic heterocycles. The summed E-state index contributed by atoms with van der Waals surface area (Å²) >= 11 is 0. The smallest absolute Gasteiger partial charge is 0.348 e. The molecule has 24 nitrogen and oxygen atoms in total. The maximum absolute atomic E-state index is 11.9. The molecule has 0 aliphatic carbocycles. The van der Waals surface area contributed by atoms with Crippen LogP contribution in [-0.2, 0) is 0 Å². The van der Waals surface area contributed by atoms with Crippen molar-refractivity contribution in [1.82, 2.24) is 44.9 Å².